The van der Waals surface area contributed by atoms with Crippen molar-refractivity contribution in [2.24, 2.45) is 17.3 Å². The molecular formula is C22H32O3. The highest BCUT2D eigenvalue weighted by molar-refractivity contribution is 5.88. The van der Waals surface area contributed by atoms with E-state index >= 15 is 0 Å². The Hall–Kier alpha value is -1.64. The summed E-state index contributed by atoms with van der Waals surface area (Å²) in [7, 11) is 0. The number of hydrogen-bond donors (Lipinski definition) is 1. The minimum atomic E-state index is -0.785. The third-order valence-electron chi connectivity index (χ3n) is 5.99. The zero-order valence-electron chi connectivity index (χ0n) is 16.2. The molecule has 3 heteroatoms. The van der Waals surface area contributed by atoms with Crippen LogP contribution in [0.25, 0.3) is 0 Å². The first-order chi connectivity index (χ1) is 11.7. The quantitative estimate of drug-likeness (QED) is 0.531. The van der Waals surface area contributed by atoms with Crippen molar-refractivity contribution in [3.63, 3.8) is 0 Å². The molecule has 138 valence electrons. The van der Waals surface area contributed by atoms with Crippen molar-refractivity contribution < 1.29 is 14.7 Å². The van der Waals surface area contributed by atoms with Crippen LogP contribution >= 0.6 is 0 Å². The molecule has 0 spiro atoms. The van der Waals surface area contributed by atoms with Crippen LogP contribution < -0.4 is 0 Å². The smallest absolute Gasteiger partial charge is 0.306 e. The largest absolute Gasteiger partial charge is 0.481 e. The molecule has 2 rings (SSSR count). The lowest BCUT2D eigenvalue weighted by Crippen LogP contribution is -2.32. The van der Waals surface area contributed by atoms with E-state index in [0.29, 0.717) is 38.0 Å². The van der Waals surface area contributed by atoms with Crippen LogP contribution in [0.3, 0.4) is 0 Å². The van der Waals surface area contributed by atoms with Gasteiger partial charge in [0.1, 0.15) is 5.78 Å². The van der Waals surface area contributed by atoms with E-state index in [4.69, 9.17) is 0 Å². The molecule has 1 N–H and O–H groups in total. The van der Waals surface area contributed by atoms with Gasteiger partial charge in [-0.1, -0.05) is 50.1 Å². The van der Waals surface area contributed by atoms with Gasteiger partial charge < -0.3 is 5.11 Å². The summed E-state index contributed by atoms with van der Waals surface area (Å²) in [5.74, 6) is -0.662. The Kier molecular flexibility index (Phi) is 6.08. The van der Waals surface area contributed by atoms with E-state index < -0.39 is 17.3 Å². The molecule has 0 bridgehead atoms. The number of carboxylic acids is 1. The van der Waals surface area contributed by atoms with E-state index in [2.05, 4.69) is 33.4 Å². The number of carbonyl (C=O) groups excluding carboxylic acids is 1. The van der Waals surface area contributed by atoms with Crippen molar-refractivity contribution in [2.75, 3.05) is 0 Å². The Morgan fingerprint density at radius 3 is 2.68 bits per heavy atom. The number of carboxylic acid groups (broad SMARTS) is 1. The summed E-state index contributed by atoms with van der Waals surface area (Å²) >= 11 is 0. The highest BCUT2D eigenvalue weighted by Crippen LogP contribution is 2.43. The van der Waals surface area contributed by atoms with Gasteiger partial charge in [0, 0.05) is 11.8 Å². The second kappa shape index (κ2) is 7.72. The summed E-state index contributed by atoms with van der Waals surface area (Å²) in [6.07, 6.45) is 6.98. The van der Waals surface area contributed by atoms with E-state index in [0.717, 1.165) is 18.4 Å². The van der Waals surface area contributed by atoms with Gasteiger partial charge in [-0.3, -0.25) is 9.59 Å². The molecule has 0 heterocycles. The predicted octanol–water partition coefficient (Wildman–Crippen LogP) is 5.48. The fraction of sp³-hybridized carbons (Fsp3) is 0.636. The molecule has 0 aromatic carbocycles. The van der Waals surface area contributed by atoms with Crippen molar-refractivity contribution in [1.29, 1.82) is 0 Å². The predicted molar refractivity (Wildman–Crippen MR) is 101 cm³/mol. The second-order valence-corrected chi connectivity index (χ2v) is 8.37. The Bertz CT molecular complexity index is 638. The minimum Gasteiger partial charge on any atom is -0.481 e. The molecule has 3 nitrogen and oxygen atoms in total. The van der Waals surface area contributed by atoms with Crippen LogP contribution in [0.5, 0.6) is 0 Å². The van der Waals surface area contributed by atoms with E-state index in [1.165, 1.54) is 16.7 Å². The number of Topliss-reactive ketones (excluding diaryl/α,β-unsaturated/α-hetero) is 1. The van der Waals surface area contributed by atoms with Crippen LogP contribution in [-0.4, -0.2) is 16.9 Å². The van der Waals surface area contributed by atoms with Crippen molar-refractivity contribution in [3.8, 4) is 0 Å². The van der Waals surface area contributed by atoms with Crippen LogP contribution in [0.2, 0.25) is 0 Å². The molecule has 1 fully saturated rings. The summed E-state index contributed by atoms with van der Waals surface area (Å²) in [6, 6.07) is 0. The van der Waals surface area contributed by atoms with E-state index in [-0.39, 0.29) is 5.78 Å². The van der Waals surface area contributed by atoms with Gasteiger partial charge in [0.25, 0.3) is 0 Å². The zero-order valence-corrected chi connectivity index (χ0v) is 16.2. The van der Waals surface area contributed by atoms with Gasteiger partial charge >= 0.3 is 5.97 Å². The molecule has 0 aromatic rings. The third-order valence-corrected chi connectivity index (χ3v) is 5.99. The molecule has 3 atom stereocenters. The molecule has 2 aliphatic carbocycles. The highest BCUT2D eigenvalue weighted by atomic mass is 16.4. The summed E-state index contributed by atoms with van der Waals surface area (Å²) in [5.41, 5.74) is 4.31. The van der Waals surface area contributed by atoms with Crippen LogP contribution in [-0.2, 0) is 9.59 Å². The lowest BCUT2D eigenvalue weighted by atomic mass is 9.71. The molecule has 0 aromatic heterocycles. The monoisotopic (exact) mass is 344 g/mol. The van der Waals surface area contributed by atoms with E-state index in [9.17, 15) is 14.7 Å². The van der Waals surface area contributed by atoms with Gasteiger partial charge in [-0.05, 0) is 56.9 Å². The van der Waals surface area contributed by atoms with Crippen LogP contribution in [0.15, 0.2) is 34.9 Å². The molecule has 0 radical (unpaired) electrons. The SMILES string of the molecule is C=C1CC[C@H](C(=O)O)CC(C)(C(=O)CC2=C(CC)C=C(C)CC2C)C1. The summed E-state index contributed by atoms with van der Waals surface area (Å²) in [5, 5.41) is 9.48. The maximum absolute atomic E-state index is 13.3. The number of carbonyl (C=O) groups is 2. The molecule has 2 aliphatic rings. The van der Waals surface area contributed by atoms with Gasteiger partial charge in [0.15, 0.2) is 0 Å². The number of allylic oxidation sites excluding steroid dienone is 5. The summed E-state index contributed by atoms with van der Waals surface area (Å²) < 4.78 is 0. The first kappa shape index (κ1) is 19.7. The third kappa shape index (κ3) is 4.50. The molecule has 0 amide bonds. The van der Waals surface area contributed by atoms with Crippen LogP contribution in [0.1, 0.15) is 72.6 Å². The maximum Gasteiger partial charge on any atom is 0.306 e. The topological polar surface area (TPSA) is 54.4 Å². The minimum absolute atomic E-state index is 0.183. The summed E-state index contributed by atoms with van der Waals surface area (Å²) in [4.78, 5) is 24.8. The Balaban J connectivity index is 2.28. The zero-order chi connectivity index (χ0) is 18.8. The van der Waals surface area contributed by atoms with Crippen LogP contribution in [0.4, 0.5) is 0 Å². The van der Waals surface area contributed by atoms with Gasteiger partial charge in [-0.25, -0.2) is 0 Å². The number of rotatable bonds is 5. The van der Waals surface area contributed by atoms with E-state index in [1.54, 1.807) is 0 Å². The molecule has 25 heavy (non-hydrogen) atoms. The average Bonchev–Trinajstić information content (AvgIpc) is 2.68. The van der Waals surface area contributed by atoms with Gasteiger partial charge in [0.2, 0.25) is 0 Å². The standard InChI is InChI=1S/C22H32O3/c1-6-17-10-15(3)9-16(4)19(17)11-20(23)22(5)12-14(2)7-8-18(13-22)21(24)25/h10,16,18H,2,6-9,11-13H2,1,3-5H3,(H,24,25)/t16?,18-,22?/m0/s1. The molecule has 0 aliphatic heterocycles. The van der Waals surface area contributed by atoms with Gasteiger partial charge in [-0.15, -0.1) is 0 Å². The Morgan fingerprint density at radius 2 is 2.08 bits per heavy atom. The summed E-state index contributed by atoms with van der Waals surface area (Å²) in [6.45, 7) is 12.5. The lowest BCUT2D eigenvalue weighted by molar-refractivity contribution is -0.143. The maximum atomic E-state index is 13.3. The number of ketones is 1. The Morgan fingerprint density at radius 1 is 1.40 bits per heavy atom. The fourth-order valence-corrected chi connectivity index (χ4v) is 4.53. The van der Waals surface area contributed by atoms with Gasteiger partial charge in [-0.2, -0.15) is 0 Å². The van der Waals surface area contributed by atoms with Gasteiger partial charge in [0.05, 0.1) is 5.92 Å². The molecule has 0 saturated heterocycles. The highest BCUT2D eigenvalue weighted by Gasteiger charge is 2.40. The average molecular weight is 344 g/mol. The molecule has 2 unspecified atom stereocenters. The Labute approximate surface area is 151 Å². The molecule has 1 saturated carbocycles. The lowest BCUT2D eigenvalue weighted by Gasteiger charge is -2.31. The number of aliphatic carboxylic acids is 1. The normalized spacial score (nSPS) is 30.7. The van der Waals surface area contributed by atoms with Crippen molar-refractivity contribution >= 4 is 11.8 Å². The fourth-order valence-electron chi connectivity index (χ4n) is 4.53. The first-order valence-electron chi connectivity index (χ1n) is 9.48. The first-order valence-corrected chi connectivity index (χ1v) is 9.48. The van der Waals surface area contributed by atoms with Crippen molar-refractivity contribution in [1.82, 2.24) is 0 Å². The van der Waals surface area contributed by atoms with Crippen molar-refractivity contribution in [2.45, 2.75) is 72.6 Å². The molecular weight excluding hydrogens is 312 g/mol. The van der Waals surface area contributed by atoms with E-state index in [1.807, 2.05) is 6.92 Å². The second-order valence-electron chi connectivity index (χ2n) is 8.37. The van der Waals surface area contributed by atoms with Crippen LogP contribution in [0, 0.1) is 17.3 Å². The number of hydrogen-bond acceptors (Lipinski definition) is 2. The van der Waals surface area contributed by atoms with Crippen molar-refractivity contribution in [3.05, 3.63) is 34.9 Å².